The Kier molecular flexibility index (Phi) is 3.45. The van der Waals surface area contributed by atoms with Crippen LogP contribution < -0.4 is 0 Å². The first-order valence-electron chi connectivity index (χ1n) is 4.79. The van der Waals surface area contributed by atoms with E-state index in [1.807, 2.05) is 13.8 Å². The number of likely N-dealkylation sites (tertiary alicyclic amines) is 1. The summed E-state index contributed by atoms with van der Waals surface area (Å²) in [6.07, 6.45) is 2.49. The van der Waals surface area contributed by atoms with Gasteiger partial charge in [0.1, 0.15) is 6.29 Å². The van der Waals surface area contributed by atoms with Crippen molar-refractivity contribution in [2.75, 3.05) is 26.7 Å². The Morgan fingerprint density at radius 2 is 2.31 bits per heavy atom. The number of hydrogen-bond donors (Lipinski definition) is 0. The maximum absolute atomic E-state index is 10.7. The minimum atomic E-state index is -0.220. The van der Waals surface area contributed by atoms with E-state index in [1.54, 1.807) is 7.11 Å². The molecule has 0 spiro atoms. The Bertz CT molecular complexity index is 180. The van der Waals surface area contributed by atoms with Gasteiger partial charge < -0.3 is 9.53 Å². The summed E-state index contributed by atoms with van der Waals surface area (Å²) in [6.45, 7) is 6.81. The molecule has 0 aliphatic carbocycles. The molecule has 0 radical (unpaired) electrons. The normalized spacial score (nSPS) is 25.0. The molecule has 76 valence electrons. The lowest BCUT2D eigenvalue weighted by molar-refractivity contribution is -0.115. The van der Waals surface area contributed by atoms with Crippen LogP contribution in [0.4, 0.5) is 0 Å². The monoisotopic (exact) mass is 185 g/mol. The van der Waals surface area contributed by atoms with E-state index < -0.39 is 0 Å². The van der Waals surface area contributed by atoms with Gasteiger partial charge in [0.05, 0.1) is 6.10 Å². The molecule has 1 rings (SSSR count). The highest BCUT2D eigenvalue weighted by atomic mass is 16.5. The lowest BCUT2D eigenvalue weighted by Gasteiger charge is -2.24. The van der Waals surface area contributed by atoms with Crippen LogP contribution >= 0.6 is 0 Å². The summed E-state index contributed by atoms with van der Waals surface area (Å²) in [4.78, 5) is 13.0. The summed E-state index contributed by atoms with van der Waals surface area (Å²) in [5.74, 6) is 0. The largest absolute Gasteiger partial charge is 0.380 e. The molecule has 1 unspecified atom stereocenters. The molecule has 1 aliphatic heterocycles. The Labute approximate surface area is 80.1 Å². The molecule has 1 atom stereocenters. The lowest BCUT2D eigenvalue weighted by Crippen LogP contribution is -2.34. The zero-order chi connectivity index (χ0) is 9.90. The summed E-state index contributed by atoms with van der Waals surface area (Å²) in [5.41, 5.74) is -0.220. The second kappa shape index (κ2) is 4.20. The van der Waals surface area contributed by atoms with Crippen molar-refractivity contribution in [3.8, 4) is 0 Å². The molecule has 13 heavy (non-hydrogen) atoms. The van der Waals surface area contributed by atoms with Gasteiger partial charge in [-0.2, -0.15) is 0 Å². The SMILES string of the molecule is COC1CCN(CC(C)(C)C=O)C1. The van der Waals surface area contributed by atoms with E-state index >= 15 is 0 Å². The summed E-state index contributed by atoms with van der Waals surface area (Å²) in [7, 11) is 1.75. The zero-order valence-electron chi connectivity index (χ0n) is 8.75. The summed E-state index contributed by atoms with van der Waals surface area (Å²) < 4.78 is 5.26. The van der Waals surface area contributed by atoms with Gasteiger partial charge >= 0.3 is 0 Å². The third kappa shape index (κ3) is 3.08. The molecule has 0 aromatic rings. The van der Waals surface area contributed by atoms with Gasteiger partial charge in [0.15, 0.2) is 0 Å². The highest BCUT2D eigenvalue weighted by Gasteiger charge is 2.27. The lowest BCUT2D eigenvalue weighted by atomic mass is 9.95. The van der Waals surface area contributed by atoms with E-state index in [0.717, 1.165) is 32.3 Å². The minimum Gasteiger partial charge on any atom is -0.380 e. The highest BCUT2D eigenvalue weighted by molar-refractivity contribution is 5.58. The standard InChI is InChI=1S/C10H19NO2/c1-10(2,8-12)7-11-5-4-9(6-11)13-3/h8-9H,4-7H2,1-3H3. The molecule has 0 aromatic carbocycles. The Balaban J connectivity index is 2.35. The molecule has 3 nitrogen and oxygen atoms in total. The molecule has 3 heteroatoms. The van der Waals surface area contributed by atoms with Gasteiger partial charge in [0, 0.05) is 32.2 Å². The topological polar surface area (TPSA) is 29.5 Å². The average molecular weight is 185 g/mol. The first-order valence-corrected chi connectivity index (χ1v) is 4.79. The highest BCUT2D eigenvalue weighted by Crippen LogP contribution is 2.18. The third-order valence-electron chi connectivity index (χ3n) is 2.51. The molecule has 1 aliphatic rings. The first kappa shape index (κ1) is 10.7. The molecule has 1 fully saturated rings. The van der Waals surface area contributed by atoms with E-state index in [1.165, 1.54) is 0 Å². The maximum Gasteiger partial charge on any atom is 0.126 e. The molecule has 0 N–H and O–H groups in total. The van der Waals surface area contributed by atoms with E-state index in [-0.39, 0.29) is 5.41 Å². The maximum atomic E-state index is 10.7. The number of hydrogen-bond acceptors (Lipinski definition) is 3. The van der Waals surface area contributed by atoms with Crippen LogP contribution in [0.25, 0.3) is 0 Å². The molecule has 1 heterocycles. The van der Waals surface area contributed by atoms with Crippen molar-refractivity contribution in [3.05, 3.63) is 0 Å². The van der Waals surface area contributed by atoms with Crippen LogP contribution in [0.15, 0.2) is 0 Å². The quantitative estimate of drug-likeness (QED) is 0.610. The van der Waals surface area contributed by atoms with Crippen molar-refractivity contribution >= 4 is 6.29 Å². The van der Waals surface area contributed by atoms with Crippen molar-refractivity contribution in [2.45, 2.75) is 26.4 Å². The Morgan fingerprint density at radius 3 is 2.77 bits per heavy atom. The molecule has 0 aromatic heterocycles. The van der Waals surface area contributed by atoms with E-state index in [0.29, 0.717) is 6.10 Å². The fourth-order valence-corrected chi connectivity index (χ4v) is 1.75. The molecule has 0 amide bonds. The van der Waals surface area contributed by atoms with Crippen LogP contribution in [0.2, 0.25) is 0 Å². The smallest absolute Gasteiger partial charge is 0.126 e. The van der Waals surface area contributed by atoms with Gasteiger partial charge in [-0.3, -0.25) is 4.90 Å². The predicted molar refractivity (Wildman–Crippen MR) is 51.7 cm³/mol. The number of methoxy groups -OCH3 is 1. The molecular weight excluding hydrogens is 166 g/mol. The van der Waals surface area contributed by atoms with Crippen molar-refractivity contribution in [1.82, 2.24) is 4.90 Å². The van der Waals surface area contributed by atoms with Crippen LogP contribution in [0, 0.1) is 5.41 Å². The van der Waals surface area contributed by atoms with Gasteiger partial charge in [-0.05, 0) is 6.42 Å². The third-order valence-corrected chi connectivity index (χ3v) is 2.51. The number of rotatable bonds is 4. The number of carbonyl (C=O) groups excluding carboxylic acids is 1. The molecular formula is C10H19NO2. The van der Waals surface area contributed by atoms with Gasteiger partial charge in [0.25, 0.3) is 0 Å². The van der Waals surface area contributed by atoms with Gasteiger partial charge in [0.2, 0.25) is 0 Å². The molecule has 0 saturated carbocycles. The fourth-order valence-electron chi connectivity index (χ4n) is 1.75. The molecule has 1 saturated heterocycles. The van der Waals surface area contributed by atoms with Crippen LogP contribution in [-0.4, -0.2) is 44.0 Å². The second-order valence-electron chi connectivity index (χ2n) is 4.49. The van der Waals surface area contributed by atoms with Crippen LogP contribution in [0.3, 0.4) is 0 Å². The number of ether oxygens (including phenoxy) is 1. The Morgan fingerprint density at radius 1 is 1.62 bits per heavy atom. The number of carbonyl (C=O) groups is 1. The van der Waals surface area contributed by atoms with Crippen LogP contribution in [0.1, 0.15) is 20.3 Å². The van der Waals surface area contributed by atoms with Crippen molar-refractivity contribution < 1.29 is 9.53 Å². The van der Waals surface area contributed by atoms with Gasteiger partial charge in [-0.1, -0.05) is 13.8 Å². The summed E-state index contributed by atoms with van der Waals surface area (Å²) >= 11 is 0. The Hall–Kier alpha value is -0.410. The average Bonchev–Trinajstić information content (AvgIpc) is 2.52. The molecule has 0 bridgehead atoms. The summed E-state index contributed by atoms with van der Waals surface area (Å²) in [5, 5.41) is 0. The van der Waals surface area contributed by atoms with Crippen molar-refractivity contribution in [1.29, 1.82) is 0 Å². The van der Waals surface area contributed by atoms with E-state index in [4.69, 9.17) is 4.74 Å². The van der Waals surface area contributed by atoms with Crippen molar-refractivity contribution in [3.63, 3.8) is 0 Å². The van der Waals surface area contributed by atoms with Gasteiger partial charge in [-0.15, -0.1) is 0 Å². The van der Waals surface area contributed by atoms with E-state index in [9.17, 15) is 4.79 Å². The van der Waals surface area contributed by atoms with Crippen LogP contribution in [-0.2, 0) is 9.53 Å². The second-order valence-corrected chi connectivity index (χ2v) is 4.49. The zero-order valence-corrected chi connectivity index (χ0v) is 8.75. The number of aldehydes is 1. The minimum absolute atomic E-state index is 0.220. The van der Waals surface area contributed by atoms with Crippen LogP contribution in [0.5, 0.6) is 0 Å². The fraction of sp³-hybridized carbons (Fsp3) is 0.900. The van der Waals surface area contributed by atoms with E-state index in [2.05, 4.69) is 4.90 Å². The summed E-state index contributed by atoms with van der Waals surface area (Å²) in [6, 6.07) is 0. The van der Waals surface area contributed by atoms with Crippen molar-refractivity contribution in [2.24, 2.45) is 5.41 Å². The predicted octanol–water partition coefficient (Wildman–Crippen LogP) is 0.932. The first-order chi connectivity index (χ1) is 6.07. The number of nitrogens with zero attached hydrogens (tertiary/aromatic N) is 1. The van der Waals surface area contributed by atoms with Gasteiger partial charge in [-0.25, -0.2) is 0 Å².